The van der Waals surface area contributed by atoms with Crippen LogP contribution in [0.15, 0.2) is 0 Å². The lowest BCUT2D eigenvalue weighted by atomic mass is 10.4. The second-order valence-electron chi connectivity index (χ2n) is 1.69. The molecule has 1 nitrogen and oxygen atoms in total. The highest BCUT2D eigenvalue weighted by Gasteiger charge is 2.15. The minimum atomic E-state index is -0.215. The summed E-state index contributed by atoms with van der Waals surface area (Å²) in [4.78, 5) is 0. The highest BCUT2D eigenvalue weighted by Crippen LogP contribution is 2.31. The predicted molar refractivity (Wildman–Crippen MR) is 28.6 cm³/mol. The van der Waals surface area contributed by atoms with Crippen molar-refractivity contribution in [2.24, 2.45) is 0 Å². The molecule has 0 aromatic rings. The highest BCUT2D eigenvalue weighted by atomic mass is 31.1. The van der Waals surface area contributed by atoms with E-state index < -0.39 is 0 Å². The molecule has 1 heterocycles. The largest absolute Gasteiger partial charge is 0.196 e. The van der Waals surface area contributed by atoms with Crippen LogP contribution >= 0.6 is 7.71 Å². The average molecular weight is 102 g/mol. The van der Waals surface area contributed by atoms with E-state index >= 15 is 0 Å². The van der Waals surface area contributed by atoms with E-state index in [4.69, 9.17) is 5.16 Å². The summed E-state index contributed by atoms with van der Waals surface area (Å²) in [6.45, 7) is 0. The van der Waals surface area contributed by atoms with Gasteiger partial charge in [-0.3, -0.25) is 0 Å². The second kappa shape index (κ2) is 1.70. The molecule has 1 aliphatic heterocycles. The van der Waals surface area contributed by atoms with Crippen LogP contribution in [0, 0.1) is 5.16 Å². The molecule has 0 atom stereocenters. The molecular weight excluding hydrogens is 93.0 g/mol. The van der Waals surface area contributed by atoms with Crippen molar-refractivity contribution in [1.29, 1.82) is 5.16 Å². The summed E-state index contributed by atoms with van der Waals surface area (Å²) in [5.74, 6) is 0. The van der Waals surface area contributed by atoms with Crippen molar-refractivity contribution in [1.82, 2.24) is 0 Å². The minimum Gasteiger partial charge on any atom is -0.125 e. The van der Waals surface area contributed by atoms with Crippen molar-refractivity contribution in [3.8, 4) is 0 Å². The van der Waals surface area contributed by atoms with E-state index in [1.54, 1.807) is 0 Å². The van der Waals surface area contributed by atoms with Crippen molar-refractivity contribution in [3.05, 3.63) is 0 Å². The van der Waals surface area contributed by atoms with Gasteiger partial charge in [0.05, 0.1) is 0 Å². The molecule has 1 aliphatic rings. The van der Waals surface area contributed by atoms with Crippen molar-refractivity contribution in [2.75, 3.05) is 12.3 Å². The number of hydrogen-bond acceptors (Lipinski definition) is 1. The molecule has 0 bridgehead atoms. The summed E-state index contributed by atoms with van der Waals surface area (Å²) in [5.41, 5.74) is 0. The molecule has 1 N–H and O–H groups in total. The van der Waals surface area contributed by atoms with Gasteiger partial charge in [0.2, 0.25) is 0 Å². The topological polar surface area (TPSA) is 23.9 Å². The maximum absolute atomic E-state index is 7.20. The lowest BCUT2D eigenvalue weighted by Crippen LogP contribution is -1.58. The van der Waals surface area contributed by atoms with Crippen LogP contribution in [0.4, 0.5) is 0 Å². The monoisotopic (exact) mass is 102 g/mol. The summed E-state index contributed by atoms with van der Waals surface area (Å²) in [5, 5.41) is 7.20. The first-order chi connectivity index (χ1) is 2.89. The minimum absolute atomic E-state index is 0.215. The van der Waals surface area contributed by atoms with Crippen LogP contribution in [0.1, 0.15) is 12.8 Å². The maximum atomic E-state index is 7.20. The van der Waals surface area contributed by atoms with Gasteiger partial charge in [0, 0.05) is 0 Å². The zero-order valence-electron chi connectivity index (χ0n) is 3.78. The Morgan fingerprint density at radius 2 is 1.67 bits per heavy atom. The van der Waals surface area contributed by atoms with E-state index in [-0.39, 0.29) is 7.71 Å². The second-order valence-corrected chi connectivity index (χ2v) is 3.67. The van der Waals surface area contributed by atoms with Crippen LogP contribution in [-0.4, -0.2) is 12.3 Å². The van der Waals surface area contributed by atoms with Gasteiger partial charge in [0.25, 0.3) is 0 Å². The molecule has 0 unspecified atom stereocenters. The Morgan fingerprint density at radius 3 is 1.83 bits per heavy atom. The first-order valence-electron chi connectivity index (χ1n) is 2.36. The fraction of sp³-hybridized carbons (Fsp3) is 1.00. The lowest BCUT2D eigenvalue weighted by Gasteiger charge is -1.61. The Hall–Kier alpha value is 0.100. The van der Waals surface area contributed by atoms with Crippen molar-refractivity contribution in [2.45, 2.75) is 12.8 Å². The SMILES string of the molecule is N=[P+]1CCCC1. The van der Waals surface area contributed by atoms with Gasteiger partial charge in [-0.2, -0.15) is 0 Å². The average Bonchev–Trinajstić information content (AvgIpc) is 1.86. The molecular formula is C4H9NP+. The van der Waals surface area contributed by atoms with E-state index in [2.05, 4.69) is 0 Å². The Bertz CT molecular complexity index is 61.9. The Labute approximate surface area is 39.0 Å². The van der Waals surface area contributed by atoms with Gasteiger partial charge in [0.1, 0.15) is 12.3 Å². The van der Waals surface area contributed by atoms with Crippen LogP contribution in [0.3, 0.4) is 0 Å². The van der Waals surface area contributed by atoms with Gasteiger partial charge in [-0.15, -0.1) is 5.16 Å². The van der Waals surface area contributed by atoms with Gasteiger partial charge in [-0.25, -0.2) is 0 Å². The first-order valence-corrected chi connectivity index (χ1v) is 4.07. The van der Waals surface area contributed by atoms with Crippen LogP contribution in [0.25, 0.3) is 0 Å². The molecule has 1 rings (SSSR count). The van der Waals surface area contributed by atoms with Crippen molar-refractivity contribution < 1.29 is 0 Å². The molecule has 0 aliphatic carbocycles. The van der Waals surface area contributed by atoms with Gasteiger partial charge in [-0.05, 0) is 12.8 Å². The third-order valence-electron chi connectivity index (χ3n) is 1.11. The molecule has 0 aromatic heterocycles. The van der Waals surface area contributed by atoms with E-state index in [1.807, 2.05) is 0 Å². The Morgan fingerprint density at radius 1 is 1.17 bits per heavy atom. The number of rotatable bonds is 0. The summed E-state index contributed by atoms with van der Waals surface area (Å²) in [6, 6.07) is 0. The van der Waals surface area contributed by atoms with Crippen LogP contribution < -0.4 is 0 Å². The fourth-order valence-electron chi connectivity index (χ4n) is 0.717. The molecule has 0 spiro atoms. The van der Waals surface area contributed by atoms with E-state index in [0.29, 0.717) is 0 Å². The van der Waals surface area contributed by atoms with Crippen LogP contribution in [0.2, 0.25) is 0 Å². The van der Waals surface area contributed by atoms with E-state index in [0.717, 1.165) is 0 Å². The Kier molecular flexibility index (Phi) is 1.21. The van der Waals surface area contributed by atoms with E-state index in [1.165, 1.54) is 25.2 Å². The molecule has 34 valence electrons. The van der Waals surface area contributed by atoms with Crippen LogP contribution in [-0.2, 0) is 0 Å². The molecule has 0 amide bonds. The third-order valence-corrected chi connectivity index (χ3v) is 2.82. The molecule has 1 saturated heterocycles. The highest BCUT2D eigenvalue weighted by molar-refractivity contribution is 7.46. The molecule has 0 saturated carbocycles. The zero-order chi connectivity index (χ0) is 4.41. The summed E-state index contributed by atoms with van der Waals surface area (Å²) >= 11 is 0. The normalized spacial score (nSPS) is 22.3. The zero-order valence-corrected chi connectivity index (χ0v) is 4.67. The molecule has 1 fully saturated rings. The van der Waals surface area contributed by atoms with Gasteiger partial charge >= 0.3 is 0 Å². The summed E-state index contributed by atoms with van der Waals surface area (Å²) in [6.07, 6.45) is 5.09. The van der Waals surface area contributed by atoms with Crippen molar-refractivity contribution >= 4 is 7.71 Å². The standard InChI is InChI=1S/C4H9NP/c5-6-3-1-2-4-6/h5H,1-4H2/q+1. The summed E-state index contributed by atoms with van der Waals surface area (Å²) < 4.78 is 0. The van der Waals surface area contributed by atoms with Crippen molar-refractivity contribution in [3.63, 3.8) is 0 Å². The summed E-state index contributed by atoms with van der Waals surface area (Å²) in [7, 11) is -0.215. The van der Waals surface area contributed by atoms with Gasteiger partial charge < -0.3 is 0 Å². The van der Waals surface area contributed by atoms with Crippen LogP contribution in [0.5, 0.6) is 0 Å². The lowest BCUT2D eigenvalue weighted by molar-refractivity contribution is 0.949. The van der Waals surface area contributed by atoms with E-state index in [9.17, 15) is 0 Å². The van der Waals surface area contributed by atoms with Gasteiger partial charge in [-0.1, -0.05) is 0 Å². The first kappa shape index (κ1) is 4.26. The third kappa shape index (κ3) is 0.782. The molecule has 6 heavy (non-hydrogen) atoms. The number of hydrogen-bond donors (Lipinski definition) is 1. The fourth-order valence-corrected chi connectivity index (χ4v) is 2.15. The molecule has 0 radical (unpaired) electrons. The predicted octanol–water partition coefficient (Wildman–Crippen LogP) is 2.02. The maximum Gasteiger partial charge on any atom is 0.196 e. The Balaban J connectivity index is 2.37. The molecule has 2 heteroatoms. The smallest absolute Gasteiger partial charge is 0.125 e. The molecule has 0 aromatic carbocycles. The quantitative estimate of drug-likeness (QED) is 0.452. The van der Waals surface area contributed by atoms with Gasteiger partial charge in [0.15, 0.2) is 7.71 Å². The number of nitrogens with one attached hydrogen (secondary N) is 1.